The van der Waals surface area contributed by atoms with Crippen molar-refractivity contribution in [2.75, 3.05) is 0 Å². The zero-order valence-corrected chi connectivity index (χ0v) is 7.63. The minimum Gasteiger partial charge on any atom is -0.490 e. The molecule has 12 heavy (non-hydrogen) atoms. The molecular weight excluding hydrogens is 147 g/mol. The van der Waals surface area contributed by atoms with Crippen LogP contribution in [0.3, 0.4) is 0 Å². The number of ether oxygens (including phenoxy) is 1. The van der Waals surface area contributed by atoms with Crippen molar-refractivity contribution in [1.82, 2.24) is 0 Å². The second kappa shape index (κ2) is 2.85. The fourth-order valence-electron chi connectivity index (χ4n) is 1.65. The lowest BCUT2D eigenvalue weighted by Gasteiger charge is -2.23. The average Bonchev–Trinajstić information content (AvgIpc) is 2.05. The van der Waals surface area contributed by atoms with Gasteiger partial charge >= 0.3 is 0 Å². The highest BCUT2D eigenvalue weighted by Gasteiger charge is 2.14. The van der Waals surface area contributed by atoms with Crippen LogP contribution in [0.25, 0.3) is 0 Å². The Kier molecular flexibility index (Phi) is 1.83. The molecule has 2 rings (SSSR count). The van der Waals surface area contributed by atoms with E-state index in [9.17, 15) is 0 Å². The summed E-state index contributed by atoms with van der Waals surface area (Å²) in [5.74, 6) is 1.08. The molecule has 1 heterocycles. The third-order valence-corrected chi connectivity index (χ3v) is 2.36. The molecule has 0 saturated heterocycles. The van der Waals surface area contributed by atoms with E-state index in [4.69, 9.17) is 4.74 Å². The molecule has 1 aliphatic heterocycles. The summed E-state index contributed by atoms with van der Waals surface area (Å²) in [4.78, 5) is 0. The Morgan fingerprint density at radius 1 is 1.50 bits per heavy atom. The average molecular weight is 160 g/mol. The van der Waals surface area contributed by atoms with Crippen LogP contribution < -0.4 is 10.2 Å². The molecule has 1 nitrogen and oxygen atoms in total. The van der Waals surface area contributed by atoms with E-state index in [-0.39, 0.29) is 0 Å². The summed E-state index contributed by atoms with van der Waals surface area (Å²) in [5, 5.41) is 0. The summed E-state index contributed by atoms with van der Waals surface area (Å²) >= 11 is 0. The van der Waals surface area contributed by atoms with Gasteiger partial charge in [0.1, 0.15) is 13.6 Å². The molecule has 1 unspecified atom stereocenters. The molecule has 2 heteroatoms. The summed E-state index contributed by atoms with van der Waals surface area (Å²) in [6.45, 7) is 2.13. The highest BCUT2D eigenvalue weighted by Crippen LogP contribution is 2.25. The molecule has 0 radical (unpaired) electrons. The van der Waals surface area contributed by atoms with Crippen molar-refractivity contribution in [3.63, 3.8) is 0 Å². The minimum absolute atomic E-state index is 0.389. The largest absolute Gasteiger partial charge is 0.490 e. The van der Waals surface area contributed by atoms with Crippen LogP contribution in [0.4, 0.5) is 0 Å². The molecular formula is C10H13BO. The van der Waals surface area contributed by atoms with Crippen LogP contribution in [0, 0.1) is 0 Å². The molecule has 0 N–H and O–H groups in total. The van der Waals surface area contributed by atoms with E-state index < -0.39 is 0 Å². The van der Waals surface area contributed by atoms with Gasteiger partial charge in [-0.15, -0.1) is 0 Å². The number of rotatable bonds is 0. The topological polar surface area (TPSA) is 9.23 Å². The Morgan fingerprint density at radius 2 is 2.33 bits per heavy atom. The second-order valence-corrected chi connectivity index (χ2v) is 3.58. The number of hydrogen-bond donors (Lipinski definition) is 0. The standard InChI is InChI=1S/C10H13BO/c1-7-2-3-8-6-9(11)4-5-10(8)12-7/h4-7H,2-3,11H2,1H3. The second-order valence-electron chi connectivity index (χ2n) is 3.58. The quantitative estimate of drug-likeness (QED) is 0.506. The molecule has 1 aromatic rings. The molecule has 1 aliphatic rings. The predicted molar refractivity (Wildman–Crippen MR) is 53.0 cm³/mol. The van der Waals surface area contributed by atoms with Crippen LogP contribution in [0.2, 0.25) is 0 Å². The van der Waals surface area contributed by atoms with Crippen molar-refractivity contribution in [1.29, 1.82) is 0 Å². The van der Waals surface area contributed by atoms with E-state index in [2.05, 4.69) is 33.0 Å². The van der Waals surface area contributed by atoms with Gasteiger partial charge in [0.2, 0.25) is 0 Å². The Bertz CT molecular complexity index is 296. The Balaban J connectivity index is 2.37. The predicted octanol–water partition coefficient (Wildman–Crippen LogP) is 0.658. The van der Waals surface area contributed by atoms with Crippen molar-refractivity contribution in [3.05, 3.63) is 23.8 Å². The van der Waals surface area contributed by atoms with Crippen LogP contribution in [-0.4, -0.2) is 14.0 Å². The van der Waals surface area contributed by atoms with Crippen molar-refractivity contribution >= 4 is 13.3 Å². The zero-order chi connectivity index (χ0) is 8.55. The molecule has 1 atom stereocenters. The van der Waals surface area contributed by atoms with E-state index in [1.54, 1.807) is 0 Å². The number of benzene rings is 1. The van der Waals surface area contributed by atoms with Crippen LogP contribution in [0.1, 0.15) is 18.9 Å². The molecule has 0 aliphatic carbocycles. The fourth-order valence-corrected chi connectivity index (χ4v) is 1.65. The normalized spacial score (nSPS) is 21.2. The van der Waals surface area contributed by atoms with Crippen LogP contribution in [-0.2, 0) is 6.42 Å². The lowest BCUT2D eigenvalue weighted by Crippen LogP contribution is -2.20. The van der Waals surface area contributed by atoms with Gasteiger partial charge in [0.25, 0.3) is 0 Å². The summed E-state index contributed by atoms with van der Waals surface area (Å²) in [6, 6.07) is 6.42. The minimum atomic E-state index is 0.389. The van der Waals surface area contributed by atoms with Crippen molar-refractivity contribution in [3.8, 4) is 5.75 Å². The van der Waals surface area contributed by atoms with Gasteiger partial charge in [0, 0.05) is 0 Å². The first-order chi connectivity index (χ1) is 5.75. The van der Waals surface area contributed by atoms with Gasteiger partial charge in [0.15, 0.2) is 0 Å². The molecule has 0 bridgehead atoms. The Hall–Kier alpha value is -0.915. The molecule has 0 aromatic heterocycles. The number of fused-ring (bicyclic) bond motifs is 1. The first-order valence-electron chi connectivity index (χ1n) is 4.52. The lowest BCUT2D eigenvalue weighted by atomic mass is 9.91. The molecule has 0 fully saturated rings. The fraction of sp³-hybridized carbons (Fsp3) is 0.400. The monoisotopic (exact) mass is 160 g/mol. The molecule has 1 aromatic carbocycles. The van der Waals surface area contributed by atoms with Crippen LogP contribution in [0.5, 0.6) is 5.75 Å². The van der Waals surface area contributed by atoms with Crippen LogP contribution in [0.15, 0.2) is 18.2 Å². The van der Waals surface area contributed by atoms with E-state index in [0.29, 0.717) is 6.10 Å². The van der Waals surface area contributed by atoms with Gasteiger partial charge in [-0.1, -0.05) is 17.6 Å². The third kappa shape index (κ3) is 1.34. The highest BCUT2D eigenvalue weighted by atomic mass is 16.5. The third-order valence-electron chi connectivity index (χ3n) is 2.36. The summed E-state index contributed by atoms with van der Waals surface area (Å²) in [7, 11) is 2.12. The van der Waals surface area contributed by atoms with Gasteiger partial charge in [-0.25, -0.2) is 0 Å². The van der Waals surface area contributed by atoms with Crippen molar-refractivity contribution in [2.45, 2.75) is 25.9 Å². The Labute approximate surface area is 74.2 Å². The lowest BCUT2D eigenvalue weighted by molar-refractivity contribution is 0.192. The van der Waals surface area contributed by atoms with Gasteiger partial charge in [0.05, 0.1) is 6.10 Å². The van der Waals surface area contributed by atoms with E-state index in [0.717, 1.165) is 18.6 Å². The highest BCUT2D eigenvalue weighted by molar-refractivity contribution is 6.32. The van der Waals surface area contributed by atoms with Crippen molar-refractivity contribution < 1.29 is 4.74 Å². The van der Waals surface area contributed by atoms with Gasteiger partial charge in [-0.3, -0.25) is 0 Å². The molecule has 0 spiro atoms. The van der Waals surface area contributed by atoms with E-state index in [1.165, 1.54) is 11.0 Å². The summed E-state index contributed by atoms with van der Waals surface area (Å²) in [6.07, 6.45) is 2.70. The molecule has 62 valence electrons. The van der Waals surface area contributed by atoms with Gasteiger partial charge < -0.3 is 4.74 Å². The van der Waals surface area contributed by atoms with Gasteiger partial charge in [-0.05, 0) is 31.4 Å². The first kappa shape index (κ1) is 7.72. The maximum absolute atomic E-state index is 5.69. The van der Waals surface area contributed by atoms with Crippen LogP contribution >= 0.6 is 0 Å². The smallest absolute Gasteiger partial charge is 0.139 e. The van der Waals surface area contributed by atoms with Crippen molar-refractivity contribution in [2.24, 2.45) is 0 Å². The summed E-state index contributed by atoms with van der Waals surface area (Å²) < 4.78 is 5.69. The first-order valence-corrected chi connectivity index (χ1v) is 4.52. The van der Waals surface area contributed by atoms with E-state index >= 15 is 0 Å². The zero-order valence-electron chi connectivity index (χ0n) is 7.63. The molecule has 0 amide bonds. The maximum Gasteiger partial charge on any atom is 0.139 e. The maximum atomic E-state index is 5.69. The van der Waals surface area contributed by atoms with E-state index in [1.807, 2.05) is 0 Å². The number of aryl methyl sites for hydroxylation is 1. The van der Waals surface area contributed by atoms with Gasteiger partial charge in [-0.2, -0.15) is 0 Å². The molecule has 0 saturated carbocycles. The SMILES string of the molecule is Bc1ccc2c(c1)CCC(C)O2. The number of hydrogen-bond acceptors (Lipinski definition) is 1. The Morgan fingerprint density at radius 3 is 3.17 bits per heavy atom. The summed E-state index contributed by atoms with van der Waals surface area (Å²) in [5.41, 5.74) is 2.69.